The van der Waals surface area contributed by atoms with Crippen LogP contribution in [-0.2, 0) is 20.7 Å². The second kappa shape index (κ2) is 10.9. The van der Waals surface area contributed by atoms with Gasteiger partial charge in [-0.05, 0) is 48.6 Å². The number of anilines is 1. The third-order valence-electron chi connectivity index (χ3n) is 5.52. The second-order valence-corrected chi connectivity index (χ2v) is 8.77. The van der Waals surface area contributed by atoms with Crippen LogP contribution < -0.4 is 10.1 Å². The van der Waals surface area contributed by atoms with Gasteiger partial charge in [-0.3, -0.25) is 14.9 Å². The maximum atomic E-state index is 13.2. The minimum Gasteiger partial charge on any atom is -0.469 e. The first-order chi connectivity index (χ1) is 16.1. The number of hydrogen-bond donors (Lipinski definition) is 1. The third-order valence-corrected chi connectivity index (χ3v) is 6.32. The number of rotatable bonds is 8. The van der Waals surface area contributed by atoms with Crippen molar-refractivity contribution >= 4 is 33.9 Å². The van der Waals surface area contributed by atoms with Gasteiger partial charge in [0.2, 0.25) is 0 Å². The Bertz CT molecular complexity index is 1120. The Kier molecular flexibility index (Phi) is 7.52. The van der Waals surface area contributed by atoms with Crippen LogP contribution in [0.2, 0.25) is 0 Å². The predicted octanol–water partition coefficient (Wildman–Crippen LogP) is 5.86. The molecule has 0 radical (unpaired) electrons. The summed E-state index contributed by atoms with van der Waals surface area (Å²) in [5.74, 6) is 1.28. The molecule has 6 nitrogen and oxygen atoms in total. The zero-order valence-corrected chi connectivity index (χ0v) is 19.3. The molecule has 4 rings (SSSR count). The van der Waals surface area contributed by atoms with Crippen molar-refractivity contribution in [1.82, 2.24) is 4.98 Å². The number of allylic oxidation sites excluding steroid dienone is 1. The van der Waals surface area contributed by atoms with Gasteiger partial charge in [0.05, 0.1) is 19.2 Å². The summed E-state index contributed by atoms with van der Waals surface area (Å²) in [5.41, 5.74) is 2.02. The number of methoxy groups -OCH3 is 1. The topological polar surface area (TPSA) is 77.5 Å². The van der Waals surface area contributed by atoms with E-state index in [9.17, 15) is 9.59 Å². The first-order valence-electron chi connectivity index (χ1n) is 11.0. The molecule has 1 heterocycles. The molecule has 1 amide bonds. The average Bonchev–Trinajstić information content (AvgIpc) is 3.51. The van der Waals surface area contributed by atoms with Crippen molar-refractivity contribution < 1.29 is 19.1 Å². The van der Waals surface area contributed by atoms with E-state index in [1.165, 1.54) is 31.3 Å². The van der Waals surface area contributed by atoms with Crippen molar-refractivity contribution in [2.75, 3.05) is 12.4 Å². The van der Waals surface area contributed by atoms with E-state index < -0.39 is 0 Å². The second-order valence-electron chi connectivity index (χ2n) is 7.92. The molecule has 1 N–H and O–H groups in total. The molecule has 170 valence electrons. The third kappa shape index (κ3) is 6.29. The minimum absolute atomic E-state index is 0.0799. The first-order valence-corrected chi connectivity index (χ1v) is 11.9. The summed E-state index contributed by atoms with van der Waals surface area (Å²) in [6.45, 7) is 0. The lowest BCUT2D eigenvalue weighted by molar-refractivity contribution is -0.139. The zero-order valence-electron chi connectivity index (χ0n) is 18.5. The van der Waals surface area contributed by atoms with E-state index >= 15 is 0 Å². The van der Waals surface area contributed by atoms with Crippen LogP contribution in [0.4, 0.5) is 5.13 Å². The number of carbonyl (C=O) groups is 2. The Labute approximate surface area is 197 Å². The van der Waals surface area contributed by atoms with Crippen LogP contribution in [0.3, 0.4) is 0 Å². The van der Waals surface area contributed by atoms with Crippen LogP contribution in [-0.4, -0.2) is 24.0 Å². The summed E-state index contributed by atoms with van der Waals surface area (Å²) < 4.78 is 10.6. The molecule has 1 fully saturated rings. The number of aromatic nitrogens is 1. The van der Waals surface area contributed by atoms with E-state index in [4.69, 9.17) is 4.74 Å². The fourth-order valence-corrected chi connectivity index (χ4v) is 4.53. The van der Waals surface area contributed by atoms with Crippen molar-refractivity contribution in [3.63, 3.8) is 0 Å². The predicted molar refractivity (Wildman–Crippen MR) is 129 cm³/mol. The molecule has 0 atom stereocenters. The van der Waals surface area contributed by atoms with Gasteiger partial charge in [0.15, 0.2) is 5.13 Å². The molecule has 0 unspecified atom stereocenters. The Hall–Kier alpha value is -3.45. The number of ether oxygens (including phenoxy) is 2. The van der Waals surface area contributed by atoms with Gasteiger partial charge in [-0.15, -0.1) is 11.3 Å². The summed E-state index contributed by atoms with van der Waals surface area (Å²) in [4.78, 5) is 29.1. The van der Waals surface area contributed by atoms with E-state index in [1.54, 1.807) is 5.38 Å². The van der Waals surface area contributed by atoms with Crippen LogP contribution in [0.25, 0.3) is 5.57 Å². The molecule has 1 saturated carbocycles. The molecule has 2 aromatic carbocycles. The molecule has 33 heavy (non-hydrogen) atoms. The lowest BCUT2D eigenvalue weighted by Gasteiger charge is -2.12. The fourth-order valence-electron chi connectivity index (χ4n) is 3.82. The molecule has 1 aliphatic rings. The minimum atomic E-state index is -0.363. The number of nitrogens with one attached hydrogen (secondary N) is 1. The van der Waals surface area contributed by atoms with Gasteiger partial charge in [0, 0.05) is 11.0 Å². The van der Waals surface area contributed by atoms with E-state index in [-0.39, 0.29) is 18.3 Å². The van der Waals surface area contributed by atoms with Crippen LogP contribution in [0.1, 0.15) is 36.9 Å². The Balaban J connectivity index is 1.51. The SMILES string of the molecule is COC(=O)Cc1csc(NC(=O)/C(=C\C2CCCC2)c2ccc(Oc3ccccc3)cc2)n1. The highest BCUT2D eigenvalue weighted by atomic mass is 32.1. The van der Waals surface area contributed by atoms with Crippen LogP contribution in [0, 0.1) is 5.92 Å². The van der Waals surface area contributed by atoms with Crippen LogP contribution in [0.15, 0.2) is 66.1 Å². The fraction of sp³-hybridized carbons (Fsp3) is 0.269. The van der Waals surface area contributed by atoms with E-state index in [0.717, 1.165) is 24.2 Å². The smallest absolute Gasteiger partial charge is 0.311 e. The highest BCUT2D eigenvalue weighted by Gasteiger charge is 2.20. The molecule has 0 saturated heterocycles. The Morgan fingerprint density at radius 2 is 1.76 bits per heavy atom. The van der Waals surface area contributed by atoms with Crippen molar-refractivity contribution in [3.8, 4) is 11.5 Å². The Morgan fingerprint density at radius 3 is 2.45 bits per heavy atom. The van der Waals surface area contributed by atoms with Gasteiger partial charge in [-0.1, -0.05) is 49.2 Å². The summed E-state index contributed by atoms with van der Waals surface area (Å²) in [7, 11) is 1.34. The normalized spacial score (nSPS) is 14.2. The number of amides is 1. The zero-order chi connectivity index (χ0) is 23.0. The molecular weight excluding hydrogens is 436 g/mol. The number of esters is 1. The summed E-state index contributed by atoms with van der Waals surface area (Å²) in [6.07, 6.45) is 6.71. The molecule has 1 aromatic heterocycles. The quantitative estimate of drug-likeness (QED) is 0.335. The highest BCUT2D eigenvalue weighted by molar-refractivity contribution is 7.14. The van der Waals surface area contributed by atoms with Gasteiger partial charge in [0.1, 0.15) is 11.5 Å². The van der Waals surface area contributed by atoms with Crippen LogP contribution >= 0.6 is 11.3 Å². The van der Waals surface area contributed by atoms with E-state index in [2.05, 4.69) is 21.1 Å². The van der Waals surface area contributed by atoms with E-state index in [1.807, 2.05) is 54.6 Å². The van der Waals surface area contributed by atoms with E-state index in [0.29, 0.717) is 28.1 Å². The van der Waals surface area contributed by atoms with Crippen molar-refractivity contribution in [2.24, 2.45) is 5.92 Å². The molecular formula is C26H26N2O4S. The molecule has 0 spiro atoms. The number of nitrogens with zero attached hydrogens (tertiary/aromatic N) is 1. The van der Waals surface area contributed by atoms with Gasteiger partial charge in [-0.25, -0.2) is 4.98 Å². The molecule has 0 bridgehead atoms. The van der Waals surface area contributed by atoms with Gasteiger partial charge in [0.25, 0.3) is 5.91 Å². The number of thiazole rings is 1. The van der Waals surface area contributed by atoms with Gasteiger partial charge >= 0.3 is 5.97 Å². The van der Waals surface area contributed by atoms with Crippen LogP contribution in [0.5, 0.6) is 11.5 Å². The standard InChI is InChI=1S/C26H26N2O4S/c1-31-24(29)16-20-17-33-26(27-20)28-25(30)23(15-18-7-5-6-8-18)19-11-13-22(14-12-19)32-21-9-3-2-4-10-21/h2-4,9-15,17-18H,5-8,16H2,1H3,(H,27,28,30)/b23-15-. The van der Waals surface area contributed by atoms with Crippen molar-refractivity contribution in [3.05, 3.63) is 77.3 Å². The maximum Gasteiger partial charge on any atom is 0.311 e. The number of carbonyl (C=O) groups excluding carboxylic acids is 2. The number of para-hydroxylation sites is 1. The summed E-state index contributed by atoms with van der Waals surface area (Å²) >= 11 is 1.29. The maximum absolute atomic E-state index is 13.2. The largest absolute Gasteiger partial charge is 0.469 e. The molecule has 7 heteroatoms. The number of benzene rings is 2. The number of hydrogen-bond acceptors (Lipinski definition) is 6. The van der Waals surface area contributed by atoms with Gasteiger partial charge < -0.3 is 9.47 Å². The lowest BCUT2D eigenvalue weighted by Crippen LogP contribution is -2.15. The molecule has 3 aromatic rings. The molecule has 0 aliphatic heterocycles. The average molecular weight is 463 g/mol. The molecule has 1 aliphatic carbocycles. The van der Waals surface area contributed by atoms with Gasteiger partial charge in [-0.2, -0.15) is 0 Å². The lowest BCUT2D eigenvalue weighted by atomic mass is 9.98. The van der Waals surface area contributed by atoms with Crippen molar-refractivity contribution in [1.29, 1.82) is 0 Å². The summed E-state index contributed by atoms with van der Waals surface area (Å²) in [5, 5.41) is 5.11. The highest BCUT2D eigenvalue weighted by Crippen LogP contribution is 2.31. The monoisotopic (exact) mass is 462 g/mol. The van der Waals surface area contributed by atoms with Crippen molar-refractivity contribution in [2.45, 2.75) is 32.1 Å². The Morgan fingerprint density at radius 1 is 1.06 bits per heavy atom. The summed E-state index contributed by atoms with van der Waals surface area (Å²) in [6, 6.07) is 17.1. The first kappa shape index (κ1) is 22.7.